The molecular weight excluding hydrogens is 342 g/mol. The van der Waals surface area contributed by atoms with Crippen molar-refractivity contribution < 1.29 is 23.9 Å². The summed E-state index contributed by atoms with van der Waals surface area (Å²) >= 11 is 1.50. The number of amides is 1. The third-order valence-electron chi connectivity index (χ3n) is 3.76. The molecule has 1 atom stereocenters. The van der Waals surface area contributed by atoms with Crippen LogP contribution in [0.1, 0.15) is 35.8 Å². The third kappa shape index (κ3) is 4.04. The Morgan fingerprint density at radius 2 is 2.00 bits per heavy atom. The Hall–Kier alpha value is -2.28. The number of esters is 2. The zero-order valence-electron chi connectivity index (χ0n) is 14.5. The number of rotatable bonds is 7. The van der Waals surface area contributed by atoms with E-state index in [1.807, 2.05) is 6.92 Å². The average Bonchev–Trinajstić information content (AvgIpc) is 2.63. The Morgan fingerprint density at radius 1 is 1.28 bits per heavy atom. The van der Waals surface area contributed by atoms with Crippen LogP contribution in [0.4, 0.5) is 0 Å². The van der Waals surface area contributed by atoms with E-state index in [9.17, 15) is 14.4 Å². The molecule has 1 fully saturated rings. The number of thioether (sulfide) groups is 1. The molecule has 1 unspecified atom stereocenters. The predicted molar refractivity (Wildman–Crippen MR) is 95.1 cm³/mol. The van der Waals surface area contributed by atoms with E-state index in [2.05, 4.69) is 0 Å². The normalized spacial score (nSPS) is 18.0. The minimum atomic E-state index is -0.478. The molecule has 0 bridgehead atoms. The molecule has 0 radical (unpaired) electrons. The maximum atomic E-state index is 12.5. The molecule has 0 saturated carbocycles. The number of ether oxygens (including phenoxy) is 2. The number of benzene rings is 1. The Bertz CT molecular complexity index is 700. The maximum Gasteiger partial charge on any atom is 0.338 e. The van der Waals surface area contributed by atoms with Gasteiger partial charge < -0.3 is 14.4 Å². The van der Waals surface area contributed by atoms with Crippen molar-refractivity contribution in [1.82, 2.24) is 4.90 Å². The quantitative estimate of drug-likeness (QED) is 0.421. The summed E-state index contributed by atoms with van der Waals surface area (Å²) in [6.07, 6.45) is 0. The first-order valence-corrected chi connectivity index (χ1v) is 9.05. The second-order valence-electron chi connectivity index (χ2n) is 5.25. The molecular formula is C18H21NO5S. The van der Waals surface area contributed by atoms with Crippen molar-refractivity contribution in [2.75, 3.05) is 26.0 Å². The largest absolute Gasteiger partial charge is 0.465 e. The van der Waals surface area contributed by atoms with Crippen LogP contribution in [-0.2, 0) is 19.1 Å². The van der Waals surface area contributed by atoms with Crippen LogP contribution in [0.2, 0.25) is 0 Å². The third-order valence-corrected chi connectivity index (χ3v) is 4.51. The van der Waals surface area contributed by atoms with Crippen molar-refractivity contribution in [1.29, 1.82) is 0 Å². The Labute approximate surface area is 151 Å². The fourth-order valence-electron chi connectivity index (χ4n) is 2.67. The Kier molecular flexibility index (Phi) is 6.64. The number of carbonyl (C=O) groups is 3. The van der Waals surface area contributed by atoms with Gasteiger partial charge in [-0.05, 0) is 29.7 Å². The van der Waals surface area contributed by atoms with Crippen LogP contribution in [0, 0.1) is 0 Å². The van der Waals surface area contributed by atoms with Crippen molar-refractivity contribution >= 4 is 29.6 Å². The van der Waals surface area contributed by atoms with Gasteiger partial charge in [0.2, 0.25) is 0 Å². The molecule has 0 aromatic heterocycles. The summed E-state index contributed by atoms with van der Waals surface area (Å²) in [6.45, 7) is 3.79. The van der Waals surface area contributed by atoms with Gasteiger partial charge in [-0.25, -0.2) is 4.79 Å². The zero-order valence-corrected chi connectivity index (χ0v) is 15.3. The van der Waals surface area contributed by atoms with E-state index in [-0.39, 0.29) is 19.1 Å². The van der Waals surface area contributed by atoms with Crippen molar-refractivity contribution in [2.24, 2.45) is 0 Å². The maximum absolute atomic E-state index is 12.5. The van der Waals surface area contributed by atoms with Gasteiger partial charge in [0.15, 0.2) is 0 Å². The molecule has 1 saturated heterocycles. The van der Waals surface area contributed by atoms with Gasteiger partial charge in [0.25, 0.3) is 5.91 Å². The number of hydrogen-bond donors (Lipinski definition) is 0. The van der Waals surface area contributed by atoms with Crippen LogP contribution >= 0.6 is 11.8 Å². The lowest BCUT2D eigenvalue weighted by Crippen LogP contribution is -2.51. The highest BCUT2D eigenvalue weighted by molar-refractivity contribution is 8.02. The topological polar surface area (TPSA) is 72.9 Å². The Balaban J connectivity index is 2.39. The average molecular weight is 363 g/mol. The van der Waals surface area contributed by atoms with Crippen LogP contribution in [-0.4, -0.2) is 48.8 Å². The van der Waals surface area contributed by atoms with E-state index in [0.717, 1.165) is 5.75 Å². The first-order chi connectivity index (χ1) is 12.0. The highest BCUT2D eigenvalue weighted by atomic mass is 32.2. The summed E-state index contributed by atoms with van der Waals surface area (Å²) in [7, 11) is 1.31. The van der Waals surface area contributed by atoms with Gasteiger partial charge in [0.05, 0.1) is 30.9 Å². The minimum Gasteiger partial charge on any atom is -0.465 e. The molecule has 1 aromatic rings. The fourth-order valence-corrected chi connectivity index (χ4v) is 3.24. The molecule has 0 spiro atoms. The standard InChI is InChI=1S/C18H21NO5S/c1-4-24-15(20)10-19-16(14(17(19)21)11-25-5-2)12-8-6-7-9-13(12)18(22)23-3/h6-9,11,16H,4-5,10H2,1-3H3/b14-11-. The van der Waals surface area contributed by atoms with Gasteiger partial charge in [-0.1, -0.05) is 25.1 Å². The second-order valence-corrected chi connectivity index (χ2v) is 6.39. The van der Waals surface area contributed by atoms with E-state index in [1.165, 1.54) is 23.8 Å². The lowest BCUT2D eigenvalue weighted by atomic mass is 9.86. The molecule has 2 rings (SSSR count). The van der Waals surface area contributed by atoms with Crippen LogP contribution < -0.4 is 0 Å². The number of nitrogens with zero attached hydrogens (tertiary/aromatic N) is 1. The van der Waals surface area contributed by atoms with Crippen molar-refractivity contribution in [2.45, 2.75) is 19.9 Å². The molecule has 25 heavy (non-hydrogen) atoms. The van der Waals surface area contributed by atoms with E-state index < -0.39 is 18.0 Å². The fraction of sp³-hybridized carbons (Fsp3) is 0.389. The van der Waals surface area contributed by atoms with Crippen LogP contribution in [0.15, 0.2) is 35.2 Å². The molecule has 0 N–H and O–H groups in total. The molecule has 6 nitrogen and oxygen atoms in total. The van der Waals surface area contributed by atoms with Crippen molar-refractivity contribution in [3.05, 3.63) is 46.4 Å². The summed E-state index contributed by atoms with van der Waals surface area (Å²) < 4.78 is 9.78. The van der Waals surface area contributed by atoms with Gasteiger partial charge in [-0.15, -0.1) is 11.8 Å². The van der Waals surface area contributed by atoms with Gasteiger partial charge in [0, 0.05) is 0 Å². The first-order valence-electron chi connectivity index (χ1n) is 8.00. The minimum absolute atomic E-state index is 0.152. The highest BCUT2D eigenvalue weighted by Gasteiger charge is 2.45. The van der Waals surface area contributed by atoms with E-state index in [4.69, 9.17) is 9.47 Å². The zero-order chi connectivity index (χ0) is 18.4. The summed E-state index contributed by atoms with van der Waals surface area (Å²) in [5.41, 5.74) is 1.58. The molecule has 1 aliphatic heterocycles. The number of methoxy groups -OCH3 is 1. The molecule has 1 heterocycles. The van der Waals surface area contributed by atoms with Gasteiger partial charge in [-0.3, -0.25) is 9.59 Å². The lowest BCUT2D eigenvalue weighted by Gasteiger charge is -2.42. The summed E-state index contributed by atoms with van der Waals surface area (Å²) in [5, 5.41) is 1.79. The van der Waals surface area contributed by atoms with Gasteiger partial charge in [-0.2, -0.15) is 0 Å². The van der Waals surface area contributed by atoms with Crippen molar-refractivity contribution in [3.63, 3.8) is 0 Å². The summed E-state index contributed by atoms with van der Waals surface area (Å²) in [5.74, 6) is -0.356. The molecule has 134 valence electrons. The van der Waals surface area contributed by atoms with Gasteiger partial charge >= 0.3 is 11.9 Å². The predicted octanol–water partition coefficient (Wildman–Crippen LogP) is 2.56. The van der Waals surface area contributed by atoms with Crippen LogP contribution in [0.3, 0.4) is 0 Å². The van der Waals surface area contributed by atoms with Crippen LogP contribution in [0.5, 0.6) is 0 Å². The van der Waals surface area contributed by atoms with E-state index in [0.29, 0.717) is 16.7 Å². The smallest absolute Gasteiger partial charge is 0.338 e. The number of carbonyl (C=O) groups excluding carboxylic acids is 3. The summed E-state index contributed by atoms with van der Waals surface area (Å²) in [6, 6.07) is 6.47. The monoisotopic (exact) mass is 363 g/mol. The lowest BCUT2D eigenvalue weighted by molar-refractivity contribution is -0.152. The van der Waals surface area contributed by atoms with Crippen LogP contribution in [0.25, 0.3) is 0 Å². The number of hydrogen-bond acceptors (Lipinski definition) is 6. The second kappa shape index (κ2) is 8.71. The molecule has 0 aliphatic carbocycles. The molecule has 7 heteroatoms. The SMILES string of the molecule is CCOC(=O)CN1C(=O)/C(=C\SCC)C1c1ccccc1C(=O)OC. The van der Waals surface area contributed by atoms with E-state index in [1.54, 1.807) is 36.6 Å². The number of likely N-dealkylation sites (tertiary alicyclic amines) is 1. The Morgan fingerprint density at radius 3 is 2.64 bits per heavy atom. The van der Waals surface area contributed by atoms with Gasteiger partial charge in [0.1, 0.15) is 6.54 Å². The first kappa shape index (κ1) is 19.1. The molecule has 1 amide bonds. The molecule has 1 aliphatic rings. The van der Waals surface area contributed by atoms with E-state index >= 15 is 0 Å². The number of β-lactam (4-membered cyclic amide) rings is 1. The summed E-state index contributed by atoms with van der Waals surface area (Å²) in [4.78, 5) is 37.8. The highest BCUT2D eigenvalue weighted by Crippen LogP contribution is 2.42. The molecule has 1 aromatic carbocycles. The van der Waals surface area contributed by atoms with Crippen molar-refractivity contribution in [3.8, 4) is 0 Å².